The van der Waals surface area contributed by atoms with Crippen molar-refractivity contribution in [2.24, 2.45) is 4.99 Å². The van der Waals surface area contributed by atoms with Gasteiger partial charge >= 0.3 is 12.1 Å². The number of carbonyl (C=O) groups is 1. The Hall–Kier alpha value is -3.59. The molecule has 1 N–H and O–H groups in total. The van der Waals surface area contributed by atoms with Gasteiger partial charge in [-0.1, -0.05) is 24.3 Å². The summed E-state index contributed by atoms with van der Waals surface area (Å²) in [5.74, 6) is -2.83. The highest BCUT2D eigenvalue weighted by Gasteiger charge is 2.35. The van der Waals surface area contributed by atoms with Crippen LogP contribution in [0.3, 0.4) is 0 Å². The molecule has 9 heteroatoms. The second-order valence-electron chi connectivity index (χ2n) is 8.46. The Morgan fingerprint density at radius 3 is 2.46 bits per heavy atom. The Kier molecular flexibility index (Phi) is 6.71. The predicted octanol–water partition coefficient (Wildman–Crippen LogP) is 6.23. The molecular formula is C26H21F5N2O2. The maximum Gasteiger partial charge on any atom is 0.417 e. The molecule has 0 fully saturated rings. The Bertz CT molecular complexity index is 1320. The summed E-state index contributed by atoms with van der Waals surface area (Å²) in [7, 11) is 1.80. The molecule has 1 aliphatic rings. The minimum Gasteiger partial charge on any atom is -0.481 e. The molecule has 0 unspecified atom stereocenters. The molecule has 0 radical (unpaired) electrons. The normalized spacial score (nSPS) is 13.2. The minimum atomic E-state index is -4.76. The van der Waals surface area contributed by atoms with E-state index in [2.05, 4.69) is 4.99 Å². The number of carboxylic acids is 1. The van der Waals surface area contributed by atoms with E-state index in [-0.39, 0.29) is 23.1 Å². The quantitative estimate of drug-likeness (QED) is 0.401. The summed E-state index contributed by atoms with van der Waals surface area (Å²) in [6.07, 6.45) is -4.40. The molecule has 1 heterocycles. The van der Waals surface area contributed by atoms with Crippen molar-refractivity contribution in [3.63, 3.8) is 0 Å². The molecule has 0 aliphatic carbocycles. The molecule has 4 nitrogen and oxygen atoms in total. The van der Waals surface area contributed by atoms with Crippen LogP contribution in [0.15, 0.2) is 59.6 Å². The van der Waals surface area contributed by atoms with Crippen molar-refractivity contribution in [2.75, 3.05) is 13.6 Å². The number of aliphatic carboxylic acids is 1. The average Bonchev–Trinajstić information content (AvgIpc) is 3.20. The van der Waals surface area contributed by atoms with Gasteiger partial charge in [0.15, 0.2) is 0 Å². The maximum absolute atomic E-state index is 14.2. The molecule has 3 aromatic rings. The van der Waals surface area contributed by atoms with E-state index in [1.807, 2.05) is 23.1 Å². The summed E-state index contributed by atoms with van der Waals surface area (Å²) in [5, 5.41) is 8.82. The third-order valence-corrected chi connectivity index (χ3v) is 5.80. The summed E-state index contributed by atoms with van der Waals surface area (Å²) in [4.78, 5) is 17.1. The summed E-state index contributed by atoms with van der Waals surface area (Å²) in [6, 6.07) is 11.6. The van der Waals surface area contributed by atoms with Gasteiger partial charge in [0.2, 0.25) is 0 Å². The zero-order chi connectivity index (χ0) is 25.3. The lowest BCUT2D eigenvalue weighted by Gasteiger charge is -2.15. The number of hydrogen-bond donors (Lipinski definition) is 1. The summed E-state index contributed by atoms with van der Waals surface area (Å²) in [5.41, 5.74) is 1.39. The van der Waals surface area contributed by atoms with Gasteiger partial charge in [-0.05, 0) is 53.6 Å². The van der Waals surface area contributed by atoms with E-state index in [4.69, 9.17) is 5.11 Å². The van der Waals surface area contributed by atoms with Gasteiger partial charge < -0.3 is 10.0 Å². The topological polar surface area (TPSA) is 52.9 Å². The van der Waals surface area contributed by atoms with Gasteiger partial charge in [0.1, 0.15) is 11.6 Å². The van der Waals surface area contributed by atoms with Crippen molar-refractivity contribution in [1.82, 2.24) is 4.90 Å². The largest absolute Gasteiger partial charge is 0.481 e. The van der Waals surface area contributed by atoms with Gasteiger partial charge in [-0.25, -0.2) is 8.78 Å². The number of halogens is 5. The lowest BCUT2D eigenvalue weighted by molar-refractivity contribution is -0.138. The SMILES string of the molecule is CN(CCC(=O)O)Cc1ccc2c(c1)N=C(c1ccc(-c3ccc(F)cc3F)c(C(F)(F)F)c1)C2. The van der Waals surface area contributed by atoms with Crippen molar-refractivity contribution < 1.29 is 31.9 Å². The summed E-state index contributed by atoms with van der Waals surface area (Å²) in [6.45, 7) is 0.879. The van der Waals surface area contributed by atoms with E-state index in [0.29, 0.717) is 37.0 Å². The zero-order valence-corrected chi connectivity index (χ0v) is 18.7. The van der Waals surface area contributed by atoms with E-state index < -0.39 is 29.3 Å². The standard InChI is InChI=1S/C26H21F5N2O2/c1-33(9-8-25(34)35)14-15-2-3-17-12-24(32-23(17)10-15)16-4-6-19(21(11-16)26(29,30)31)20-7-5-18(27)13-22(20)28/h2-7,10-11,13H,8-9,12,14H2,1H3,(H,34,35). The second-order valence-corrected chi connectivity index (χ2v) is 8.46. The van der Waals surface area contributed by atoms with Crippen molar-refractivity contribution >= 4 is 17.4 Å². The minimum absolute atomic E-state index is 0.0170. The summed E-state index contributed by atoms with van der Waals surface area (Å²) >= 11 is 0. The van der Waals surface area contributed by atoms with E-state index in [9.17, 15) is 26.7 Å². The highest BCUT2D eigenvalue weighted by Crippen LogP contribution is 2.40. The molecule has 0 saturated carbocycles. The Morgan fingerprint density at radius 1 is 1.03 bits per heavy atom. The molecular weight excluding hydrogens is 467 g/mol. The Balaban J connectivity index is 1.63. The van der Waals surface area contributed by atoms with Crippen LogP contribution in [-0.4, -0.2) is 35.3 Å². The Labute approximate surface area is 198 Å². The first kappa shape index (κ1) is 24.5. The smallest absolute Gasteiger partial charge is 0.417 e. The molecule has 0 amide bonds. The molecule has 3 aromatic carbocycles. The fourth-order valence-corrected chi connectivity index (χ4v) is 4.07. The van der Waals surface area contributed by atoms with Crippen LogP contribution in [0, 0.1) is 11.6 Å². The average molecular weight is 488 g/mol. The highest BCUT2D eigenvalue weighted by molar-refractivity contribution is 6.07. The van der Waals surface area contributed by atoms with Gasteiger partial charge in [0.05, 0.1) is 23.4 Å². The molecule has 0 atom stereocenters. The zero-order valence-electron chi connectivity index (χ0n) is 18.7. The lowest BCUT2D eigenvalue weighted by Crippen LogP contribution is -2.21. The van der Waals surface area contributed by atoms with Crippen LogP contribution in [0.5, 0.6) is 0 Å². The second kappa shape index (κ2) is 9.58. The van der Waals surface area contributed by atoms with Crippen LogP contribution in [0.25, 0.3) is 11.1 Å². The van der Waals surface area contributed by atoms with Crippen molar-refractivity contribution in [3.05, 3.63) is 88.5 Å². The number of aliphatic imine (C=N–C) groups is 1. The van der Waals surface area contributed by atoms with Crippen LogP contribution in [0.4, 0.5) is 27.6 Å². The van der Waals surface area contributed by atoms with E-state index in [1.165, 1.54) is 12.1 Å². The van der Waals surface area contributed by atoms with Crippen LogP contribution in [-0.2, 0) is 23.9 Å². The van der Waals surface area contributed by atoms with Crippen molar-refractivity contribution in [2.45, 2.75) is 25.6 Å². The number of benzene rings is 3. The van der Waals surface area contributed by atoms with Crippen molar-refractivity contribution in [3.8, 4) is 11.1 Å². The Morgan fingerprint density at radius 2 is 1.77 bits per heavy atom. The van der Waals surface area contributed by atoms with Gasteiger partial charge in [-0.3, -0.25) is 9.79 Å². The molecule has 1 aliphatic heterocycles. The molecule has 0 saturated heterocycles. The van der Waals surface area contributed by atoms with Crippen LogP contribution < -0.4 is 0 Å². The molecule has 4 rings (SSSR count). The maximum atomic E-state index is 14.2. The fourth-order valence-electron chi connectivity index (χ4n) is 4.07. The number of carboxylic acid groups (broad SMARTS) is 1. The van der Waals surface area contributed by atoms with Crippen LogP contribution in [0.1, 0.15) is 28.7 Å². The predicted molar refractivity (Wildman–Crippen MR) is 122 cm³/mol. The van der Waals surface area contributed by atoms with Gasteiger partial charge in [-0.15, -0.1) is 0 Å². The van der Waals surface area contributed by atoms with Gasteiger partial charge in [0, 0.05) is 31.1 Å². The van der Waals surface area contributed by atoms with Crippen molar-refractivity contribution in [1.29, 1.82) is 0 Å². The molecule has 0 bridgehead atoms. The summed E-state index contributed by atoms with van der Waals surface area (Å²) < 4.78 is 69.2. The fraction of sp³-hybridized carbons (Fsp3) is 0.231. The first-order valence-electron chi connectivity index (χ1n) is 10.8. The van der Waals surface area contributed by atoms with E-state index in [1.54, 1.807) is 7.05 Å². The third-order valence-electron chi connectivity index (χ3n) is 5.80. The third kappa shape index (κ3) is 5.57. The number of alkyl halides is 3. The lowest BCUT2D eigenvalue weighted by atomic mass is 9.94. The first-order valence-corrected chi connectivity index (χ1v) is 10.8. The van der Waals surface area contributed by atoms with E-state index in [0.717, 1.165) is 29.3 Å². The molecule has 35 heavy (non-hydrogen) atoms. The monoisotopic (exact) mass is 488 g/mol. The molecule has 182 valence electrons. The number of fused-ring (bicyclic) bond motifs is 1. The molecule has 0 spiro atoms. The van der Waals surface area contributed by atoms with Crippen LogP contribution >= 0.6 is 0 Å². The highest BCUT2D eigenvalue weighted by atomic mass is 19.4. The first-order chi connectivity index (χ1) is 16.5. The number of nitrogens with zero attached hydrogens (tertiary/aromatic N) is 2. The van der Waals surface area contributed by atoms with Gasteiger partial charge in [-0.2, -0.15) is 13.2 Å². The number of rotatable bonds is 7. The van der Waals surface area contributed by atoms with Crippen LogP contribution in [0.2, 0.25) is 0 Å². The number of hydrogen-bond acceptors (Lipinski definition) is 3. The van der Waals surface area contributed by atoms with Gasteiger partial charge in [0.25, 0.3) is 0 Å². The van der Waals surface area contributed by atoms with E-state index >= 15 is 0 Å². The molecule has 0 aromatic heterocycles.